The van der Waals surface area contributed by atoms with E-state index in [9.17, 15) is 0 Å². The lowest BCUT2D eigenvalue weighted by Gasteiger charge is -2.35. The molecule has 0 saturated heterocycles. The van der Waals surface area contributed by atoms with Crippen LogP contribution in [0, 0.1) is 0 Å². The number of ether oxygens (including phenoxy) is 1. The first-order valence-electron chi connectivity index (χ1n) is 18.8. The summed E-state index contributed by atoms with van der Waals surface area (Å²) in [5.41, 5.74) is 10.2. The second-order valence-corrected chi connectivity index (χ2v) is 18.1. The van der Waals surface area contributed by atoms with Gasteiger partial charge in [-0.25, -0.2) is 0 Å². The number of nitrogens with zero attached hydrogens (tertiary/aromatic N) is 3. The summed E-state index contributed by atoms with van der Waals surface area (Å²) >= 11 is 0. The van der Waals surface area contributed by atoms with Crippen molar-refractivity contribution in [3.8, 4) is 28.5 Å². The second-order valence-electron chi connectivity index (χ2n) is 14.3. The minimum absolute atomic E-state index is 0.481. The quantitative estimate of drug-likeness (QED) is 0.127. The Balaban J connectivity index is 1.12. The Bertz CT molecular complexity index is 2960. The van der Waals surface area contributed by atoms with Gasteiger partial charge in [0, 0.05) is 22.0 Å². The summed E-state index contributed by atoms with van der Waals surface area (Å²) in [5, 5.41) is 7.88. The van der Waals surface area contributed by atoms with Crippen LogP contribution in [0.15, 0.2) is 200 Å². The van der Waals surface area contributed by atoms with Gasteiger partial charge in [-0.3, -0.25) is 4.57 Å². The molecule has 8 aromatic carbocycles. The van der Waals surface area contributed by atoms with Crippen molar-refractivity contribution < 1.29 is 4.74 Å². The van der Waals surface area contributed by atoms with Crippen LogP contribution in [-0.4, -0.2) is 22.2 Å². The lowest BCUT2D eigenvalue weighted by atomic mass is 10.0. The second kappa shape index (κ2) is 12.6. The molecule has 0 spiro atoms. The molecule has 0 aliphatic carbocycles. The van der Waals surface area contributed by atoms with Gasteiger partial charge in [-0.2, -0.15) is 4.98 Å². The van der Waals surface area contributed by atoms with Crippen LogP contribution in [0.3, 0.4) is 0 Å². The predicted octanol–water partition coefficient (Wildman–Crippen LogP) is 9.06. The van der Waals surface area contributed by atoms with Gasteiger partial charge in [0.1, 0.15) is 6.61 Å². The van der Waals surface area contributed by atoms with Gasteiger partial charge in [-0.15, -0.1) is 0 Å². The van der Waals surface area contributed by atoms with Crippen LogP contribution in [-0.2, 0) is 6.61 Å². The van der Waals surface area contributed by atoms with Crippen molar-refractivity contribution in [3.63, 3.8) is 0 Å². The first-order chi connectivity index (χ1) is 27.3. The molecule has 0 bridgehead atoms. The molecule has 1 aliphatic rings. The molecule has 3 heterocycles. The Morgan fingerprint density at radius 1 is 0.436 bits per heavy atom. The summed E-state index contributed by atoms with van der Waals surface area (Å²) < 4.78 is 10.8. The molecule has 5 heteroatoms. The van der Waals surface area contributed by atoms with Crippen molar-refractivity contribution >= 4 is 61.7 Å². The van der Waals surface area contributed by atoms with E-state index in [4.69, 9.17) is 9.72 Å². The molecule has 0 N–H and O–H groups in total. The number of hydrogen-bond acceptors (Lipinski definition) is 2. The summed E-state index contributed by atoms with van der Waals surface area (Å²) in [6, 6.07) is 74.1. The predicted molar refractivity (Wildman–Crippen MR) is 229 cm³/mol. The number of aromatic nitrogens is 3. The van der Waals surface area contributed by atoms with Crippen molar-refractivity contribution in [3.05, 3.63) is 206 Å². The van der Waals surface area contributed by atoms with Gasteiger partial charge in [0.15, 0.2) is 8.07 Å². The van der Waals surface area contributed by atoms with E-state index in [1.54, 1.807) is 0 Å². The zero-order valence-electron chi connectivity index (χ0n) is 30.0. The van der Waals surface area contributed by atoms with Crippen molar-refractivity contribution in [1.29, 1.82) is 0 Å². The molecule has 10 aromatic rings. The molecule has 1 aliphatic heterocycles. The average Bonchev–Trinajstić information content (AvgIpc) is 3.81. The maximum Gasteiger partial charge on any atom is 0.302 e. The molecular formula is C50H35N3OSi. The minimum Gasteiger partial charge on any atom is -0.459 e. The Morgan fingerprint density at radius 3 is 1.71 bits per heavy atom. The minimum atomic E-state index is -2.89. The van der Waals surface area contributed by atoms with Crippen LogP contribution in [0.5, 0.6) is 6.01 Å². The Hall–Kier alpha value is -6.95. The van der Waals surface area contributed by atoms with Crippen LogP contribution >= 0.6 is 0 Å². The zero-order chi connectivity index (χ0) is 36.3. The summed E-state index contributed by atoms with van der Waals surface area (Å²) in [7, 11) is -2.89. The summed E-state index contributed by atoms with van der Waals surface area (Å²) in [4.78, 5) is 4.75. The molecule has 2 aromatic heterocycles. The molecule has 0 unspecified atom stereocenters. The number of para-hydroxylation sites is 4. The van der Waals surface area contributed by atoms with Gasteiger partial charge < -0.3 is 9.30 Å². The van der Waals surface area contributed by atoms with Gasteiger partial charge in [0.2, 0.25) is 0 Å². The van der Waals surface area contributed by atoms with Crippen molar-refractivity contribution in [2.45, 2.75) is 6.61 Å². The highest BCUT2D eigenvalue weighted by Crippen LogP contribution is 2.35. The van der Waals surface area contributed by atoms with Crippen molar-refractivity contribution in [2.24, 2.45) is 0 Å². The van der Waals surface area contributed by atoms with Crippen molar-refractivity contribution in [1.82, 2.24) is 14.1 Å². The highest BCUT2D eigenvalue weighted by Gasteiger charge is 2.42. The molecule has 0 radical (unpaired) electrons. The summed E-state index contributed by atoms with van der Waals surface area (Å²) in [6.07, 6.45) is 0. The van der Waals surface area contributed by atoms with Gasteiger partial charge in [-0.05, 0) is 80.4 Å². The number of fused-ring (bicyclic) bond motifs is 8. The largest absolute Gasteiger partial charge is 0.459 e. The van der Waals surface area contributed by atoms with E-state index in [1.165, 1.54) is 53.7 Å². The molecule has 0 amide bonds. The van der Waals surface area contributed by atoms with E-state index in [1.807, 2.05) is 12.1 Å². The van der Waals surface area contributed by atoms with Crippen LogP contribution in [0.4, 0.5) is 0 Å². The molecule has 260 valence electrons. The van der Waals surface area contributed by atoms with E-state index in [0.29, 0.717) is 12.6 Å². The van der Waals surface area contributed by atoms with Crippen LogP contribution in [0.25, 0.3) is 55.3 Å². The fourth-order valence-electron chi connectivity index (χ4n) is 8.96. The Labute approximate surface area is 320 Å². The van der Waals surface area contributed by atoms with Gasteiger partial charge in [-0.1, -0.05) is 152 Å². The van der Waals surface area contributed by atoms with Crippen molar-refractivity contribution in [2.75, 3.05) is 0 Å². The van der Waals surface area contributed by atoms with Crippen LogP contribution < -0.4 is 25.5 Å². The van der Waals surface area contributed by atoms with E-state index >= 15 is 0 Å². The lowest BCUT2D eigenvalue weighted by Crippen LogP contribution is -2.74. The highest BCUT2D eigenvalue weighted by atomic mass is 28.3. The van der Waals surface area contributed by atoms with E-state index in [0.717, 1.165) is 28.0 Å². The Kier molecular flexibility index (Phi) is 7.22. The molecule has 55 heavy (non-hydrogen) atoms. The fraction of sp³-hybridized carbons (Fsp3) is 0.0200. The topological polar surface area (TPSA) is 32.0 Å². The molecule has 0 atom stereocenters. The highest BCUT2D eigenvalue weighted by molar-refractivity contribution is 7.20. The van der Waals surface area contributed by atoms with Crippen LogP contribution in [0.1, 0.15) is 5.56 Å². The number of imidazole rings is 1. The SMILES string of the molecule is c1ccc([Si](c2ccccc2)(c2cccc(-c3ccc4c(c3)COc3nc5ccccc5n3-4)c2)c2cccc(-n3c4ccccc4c4ccccc43)c2)cc1. The number of rotatable bonds is 6. The number of hydrogen-bond donors (Lipinski definition) is 0. The monoisotopic (exact) mass is 721 g/mol. The molecule has 0 fully saturated rings. The molecule has 4 nitrogen and oxygen atoms in total. The lowest BCUT2D eigenvalue weighted by molar-refractivity contribution is 0.266. The third-order valence-corrected chi connectivity index (χ3v) is 16.1. The summed E-state index contributed by atoms with van der Waals surface area (Å²) in [5.74, 6) is 0. The number of benzene rings is 8. The first-order valence-corrected chi connectivity index (χ1v) is 20.8. The third-order valence-electron chi connectivity index (χ3n) is 11.4. The third kappa shape index (κ3) is 4.87. The smallest absolute Gasteiger partial charge is 0.302 e. The average molecular weight is 722 g/mol. The van der Waals surface area contributed by atoms with E-state index in [-0.39, 0.29) is 0 Å². The first kappa shape index (κ1) is 31.6. The molecule has 0 saturated carbocycles. The summed E-state index contributed by atoms with van der Waals surface area (Å²) in [6.45, 7) is 0.481. The van der Waals surface area contributed by atoms with Gasteiger partial charge in [0.05, 0.1) is 27.8 Å². The maximum absolute atomic E-state index is 6.23. The zero-order valence-corrected chi connectivity index (χ0v) is 31.0. The fourth-order valence-corrected chi connectivity index (χ4v) is 13.8. The molecular weight excluding hydrogens is 687 g/mol. The van der Waals surface area contributed by atoms with Gasteiger partial charge >= 0.3 is 6.01 Å². The van der Waals surface area contributed by atoms with E-state index < -0.39 is 8.07 Å². The molecule has 11 rings (SSSR count). The van der Waals surface area contributed by atoms with Crippen LogP contribution in [0.2, 0.25) is 0 Å². The normalized spacial score (nSPS) is 12.4. The van der Waals surface area contributed by atoms with E-state index in [2.05, 4.69) is 197 Å². The Morgan fingerprint density at radius 2 is 1.00 bits per heavy atom. The maximum atomic E-state index is 6.23. The van der Waals surface area contributed by atoms with Gasteiger partial charge in [0.25, 0.3) is 0 Å². The standard InChI is InChI=1S/C50H35N3OSi/c1-3-17-39(18-4-1)55(40-19-5-2-6-20-40,42-22-14-16-38(33-42)52-47-26-10-7-23-43(47)44-24-8-11-27-48(44)52)41-21-13-15-35(32-41)36-29-30-46-37(31-36)34-54-50-51-45-25-9-12-28-49(45)53(46)50/h1-33H,34H2.